The Kier molecular flexibility index (Phi) is 3.81. The van der Waals surface area contributed by atoms with Crippen LogP contribution in [-0.4, -0.2) is 6.43 Å². The average molecular weight is 205 g/mol. The van der Waals surface area contributed by atoms with Crippen molar-refractivity contribution in [1.29, 1.82) is 0 Å². The third kappa shape index (κ3) is 2.74. The first-order valence-electron chi connectivity index (χ1n) is 4.27. The Labute approximate surface area is 80.6 Å². The van der Waals surface area contributed by atoms with Gasteiger partial charge in [0.25, 0.3) is 6.43 Å². The molecular weight excluding hydrogens is 192 g/mol. The molecule has 0 amide bonds. The van der Waals surface area contributed by atoms with Crippen molar-refractivity contribution in [1.82, 2.24) is 0 Å². The van der Waals surface area contributed by atoms with Crippen molar-refractivity contribution in [2.24, 2.45) is 5.73 Å². The van der Waals surface area contributed by atoms with E-state index in [0.717, 1.165) is 17.7 Å². The Morgan fingerprint density at radius 1 is 1.46 bits per heavy atom. The van der Waals surface area contributed by atoms with E-state index in [1.807, 2.05) is 6.07 Å². The zero-order valence-electron chi connectivity index (χ0n) is 7.47. The Morgan fingerprint density at radius 2 is 2.15 bits per heavy atom. The number of aryl methyl sites for hydroxylation is 1. The minimum atomic E-state index is -2.46. The van der Waals surface area contributed by atoms with E-state index >= 15 is 0 Å². The number of rotatable bonds is 4. The van der Waals surface area contributed by atoms with Crippen molar-refractivity contribution >= 4 is 11.3 Å². The van der Waals surface area contributed by atoms with Crippen molar-refractivity contribution in [3.05, 3.63) is 21.9 Å². The van der Waals surface area contributed by atoms with Gasteiger partial charge in [0, 0.05) is 9.75 Å². The maximum Gasteiger partial charge on any atom is 0.258 e. The van der Waals surface area contributed by atoms with Crippen LogP contribution in [0.5, 0.6) is 0 Å². The molecule has 0 fully saturated rings. The van der Waals surface area contributed by atoms with Crippen molar-refractivity contribution in [2.75, 3.05) is 0 Å². The number of hydrogen-bond donors (Lipinski definition) is 1. The van der Waals surface area contributed by atoms with Crippen molar-refractivity contribution in [2.45, 2.75) is 32.2 Å². The minimum Gasteiger partial charge on any atom is -0.319 e. The topological polar surface area (TPSA) is 26.0 Å². The minimum absolute atomic E-state index is 0.582. The number of hydrogen-bond acceptors (Lipinski definition) is 2. The normalized spacial score (nSPS) is 13.6. The first-order valence-corrected chi connectivity index (χ1v) is 5.09. The molecular formula is C9H13F2NS. The van der Waals surface area contributed by atoms with Crippen molar-refractivity contribution < 1.29 is 8.78 Å². The lowest BCUT2D eigenvalue weighted by Crippen LogP contribution is -2.17. The van der Waals surface area contributed by atoms with E-state index in [9.17, 15) is 8.78 Å². The number of alkyl halides is 2. The molecule has 1 atom stereocenters. The van der Waals surface area contributed by atoms with E-state index in [4.69, 9.17) is 5.73 Å². The van der Waals surface area contributed by atoms with Crippen molar-refractivity contribution in [3.63, 3.8) is 0 Å². The van der Waals surface area contributed by atoms with Gasteiger partial charge in [-0.2, -0.15) is 0 Å². The Balaban J connectivity index is 2.67. The average Bonchev–Trinajstić information content (AvgIpc) is 2.52. The highest BCUT2D eigenvalue weighted by atomic mass is 32.1. The summed E-state index contributed by atoms with van der Waals surface area (Å²) in [6.07, 6.45) is -0.488. The lowest BCUT2D eigenvalue weighted by atomic mass is 10.2. The van der Waals surface area contributed by atoms with E-state index in [1.165, 1.54) is 11.3 Å². The maximum absolute atomic E-state index is 12.2. The second-order valence-corrected chi connectivity index (χ2v) is 4.11. The molecule has 0 saturated heterocycles. The zero-order valence-corrected chi connectivity index (χ0v) is 8.28. The van der Waals surface area contributed by atoms with Crippen LogP contribution in [-0.2, 0) is 6.42 Å². The molecule has 1 aromatic heterocycles. The highest BCUT2D eigenvalue weighted by molar-refractivity contribution is 7.12. The Hall–Kier alpha value is -0.480. The summed E-state index contributed by atoms with van der Waals surface area (Å²) < 4.78 is 24.4. The molecule has 1 nitrogen and oxygen atoms in total. The lowest BCUT2D eigenvalue weighted by molar-refractivity contribution is 0.118. The molecule has 0 aliphatic heterocycles. The van der Waals surface area contributed by atoms with Gasteiger partial charge in [0.05, 0.1) is 0 Å². The quantitative estimate of drug-likeness (QED) is 0.803. The monoisotopic (exact) mass is 205 g/mol. The van der Waals surface area contributed by atoms with Gasteiger partial charge in [-0.25, -0.2) is 8.78 Å². The summed E-state index contributed by atoms with van der Waals surface area (Å²) in [5.41, 5.74) is 5.31. The summed E-state index contributed by atoms with van der Waals surface area (Å²) in [4.78, 5) is 1.71. The summed E-state index contributed by atoms with van der Waals surface area (Å²) in [7, 11) is 0. The van der Waals surface area contributed by atoms with Crippen LogP contribution < -0.4 is 5.73 Å². The van der Waals surface area contributed by atoms with Crippen LogP contribution in [0.25, 0.3) is 0 Å². The fourth-order valence-corrected chi connectivity index (χ4v) is 2.20. The summed E-state index contributed by atoms with van der Waals surface area (Å²) in [5.74, 6) is 0. The van der Waals surface area contributed by atoms with E-state index in [0.29, 0.717) is 4.88 Å². The molecule has 0 radical (unpaired) electrons. The van der Waals surface area contributed by atoms with Crippen LogP contribution in [0.2, 0.25) is 0 Å². The largest absolute Gasteiger partial charge is 0.319 e. The summed E-state index contributed by atoms with van der Waals surface area (Å²) in [5, 5.41) is 0. The predicted octanol–water partition coefficient (Wildman–Crippen LogP) is 2.97. The van der Waals surface area contributed by atoms with Gasteiger partial charge in [-0.3, -0.25) is 0 Å². The molecule has 1 aromatic rings. The van der Waals surface area contributed by atoms with Gasteiger partial charge >= 0.3 is 0 Å². The predicted molar refractivity (Wildman–Crippen MR) is 51.2 cm³/mol. The van der Waals surface area contributed by atoms with Gasteiger partial charge in [0.1, 0.15) is 6.04 Å². The summed E-state index contributed by atoms with van der Waals surface area (Å²) in [6, 6.07) is 2.47. The maximum atomic E-state index is 12.2. The summed E-state index contributed by atoms with van der Waals surface area (Å²) in [6.45, 7) is 2.06. The van der Waals surface area contributed by atoms with Gasteiger partial charge in [-0.15, -0.1) is 11.3 Å². The number of nitrogens with two attached hydrogens (primary N) is 1. The Bertz CT molecular complexity index is 260. The molecule has 2 N–H and O–H groups in total. The fourth-order valence-electron chi connectivity index (χ4n) is 1.08. The van der Waals surface area contributed by atoms with E-state index in [2.05, 4.69) is 6.92 Å². The molecule has 0 spiro atoms. The molecule has 1 heterocycles. The van der Waals surface area contributed by atoms with Crippen LogP contribution >= 0.6 is 11.3 Å². The Morgan fingerprint density at radius 3 is 2.69 bits per heavy atom. The van der Waals surface area contributed by atoms with Crippen LogP contribution in [0.15, 0.2) is 12.1 Å². The molecule has 1 rings (SSSR count). The second kappa shape index (κ2) is 4.67. The summed E-state index contributed by atoms with van der Waals surface area (Å²) >= 11 is 1.39. The lowest BCUT2D eigenvalue weighted by Gasteiger charge is -2.06. The molecule has 0 aromatic carbocycles. The molecule has 0 aliphatic rings. The second-order valence-electron chi connectivity index (χ2n) is 2.91. The third-order valence-corrected chi connectivity index (χ3v) is 3.03. The molecule has 0 saturated carbocycles. The molecule has 0 aliphatic carbocycles. The SMILES string of the molecule is CCCc1ccc(C(N)C(F)F)s1. The van der Waals surface area contributed by atoms with Crippen LogP contribution in [0.1, 0.15) is 29.1 Å². The van der Waals surface area contributed by atoms with Gasteiger partial charge in [-0.1, -0.05) is 13.3 Å². The third-order valence-electron chi connectivity index (χ3n) is 1.78. The smallest absolute Gasteiger partial charge is 0.258 e. The van der Waals surface area contributed by atoms with E-state index in [1.54, 1.807) is 6.07 Å². The van der Waals surface area contributed by atoms with Gasteiger partial charge < -0.3 is 5.73 Å². The highest BCUT2D eigenvalue weighted by Gasteiger charge is 2.18. The molecule has 1 unspecified atom stereocenters. The number of halogens is 2. The zero-order chi connectivity index (χ0) is 9.84. The highest BCUT2D eigenvalue weighted by Crippen LogP contribution is 2.26. The van der Waals surface area contributed by atoms with Gasteiger partial charge in [0.15, 0.2) is 0 Å². The molecule has 74 valence electrons. The van der Waals surface area contributed by atoms with E-state index in [-0.39, 0.29) is 0 Å². The van der Waals surface area contributed by atoms with Crippen LogP contribution in [0, 0.1) is 0 Å². The fraction of sp³-hybridized carbons (Fsp3) is 0.556. The van der Waals surface area contributed by atoms with Gasteiger partial charge in [0.2, 0.25) is 0 Å². The standard InChI is InChI=1S/C9H13F2NS/c1-2-3-6-4-5-7(13-6)8(12)9(10)11/h4-5,8-9H,2-3,12H2,1H3. The van der Waals surface area contributed by atoms with E-state index < -0.39 is 12.5 Å². The van der Waals surface area contributed by atoms with Crippen LogP contribution in [0.4, 0.5) is 8.78 Å². The molecule has 0 bridgehead atoms. The van der Waals surface area contributed by atoms with Gasteiger partial charge in [-0.05, 0) is 18.6 Å². The van der Waals surface area contributed by atoms with Crippen LogP contribution in [0.3, 0.4) is 0 Å². The van der Waals surface area contributed by atoms with Crippen molar-refractivity contribution in [3.8, 4) is 0 Å². The number of thiophene rings is 1. The first-order chi connectivity index (χ1) is 6.15. The first kappa shape index (κ1) is 10.6. The molecule has 13 heavy (non-hydrogen) atoms. The molecule has 4 heteroatoms.